The average molecular weight is 345 g/mol. The van der Waals surface area contributed by atoms with E-state index in [2.05, 4.69) is 5.32 Å². The number of carbonyl (C=O) groups is 1. The normalized spacial score (nSPS) is 10.1. The summed E-state index contributed by atoms with van der Waals surface area (Å²) >= 11 is 0. The molecule has 2 aromatic carbocycles. The first-order valence-corrected chi connectivity index (χ1v) is 7.84. The summed E-state index contributed by atoms with van der Waals surface area (Å²) in [6, 6.07) is 10.7. The minimum Gasteiger partial charge on any atom is -0.497 e. The highest BCUT2D eigenvalue weighted by molar-refractivity contribution is 5.94. The SMILES string of the molecule is COc1cccc(C(=O)NCCc2cc(OC)cc(OC)c2OC)c1. The molecule has 25 heavy (non-hydrogen) atoms. The van der Waals surface area contributed by atoms with E-state index in [-0.39, 0.29) is 5.91 Å². The van der Waals surface area contributed by atoms with Gasteiger partial charge in [-0.1, -0.05) is 6.07 Å². The van der Waals surface area contributed by atoms with E-state index in [1.165, 1.54) is 0 Å². The van der Waals surface area contributed by atoms with E-state index in [0.717, 1.165) is 5.56 Å². The van der Waals surface area contributed by atoms with E-state index < -0.39 is 0 Å². The summed E-state index contributed by atoms with van der Waals surface area (Å²) in [6.07, 6.45) is 0.576. The summed E-state index contributed by atoms with van der Waals surface area (Å²) in [5, 5.41) is 2.89. The van der Waals surface area contributed by atoms with Crippen molar-refractivity contribution in [3.05, 3.63) is 47.5 Å². The third-order valence-electron chi connectivity index (χ3n) is 3.78. The van der Waals surface area contributed by atoms with Crippen molar-refractivity contribution in [3.63, 3.8) is 0 Å². The Bertz CT molecular complexity index is 730. The minimum absolute atomic E-state index is 0.160. The lowest BCUT2D eigenvalue weighted by atomic mass is 10.1. The van der Waals surface area contributed by atoms with Crippen LogP contribution in [0.15, 0.2) is 36.4 Å². The molecule has 0 aromatic heterocycles. The summed E-state index contributed by atoms with van der Waals surface area (Å²) < 4.78 is 21.2. The molecule has 1 amide bonds. The van der Waals surface area contributed by atoms with Gasteiger partial charge < -0.3 is 24.3 Å². The third kappa shape index (κ3) is 4.56. The molecule has 1 N–H and O–H groups in total. The first kappa shape index (κ1) is 18.4. The van der Waals surface area contributed by atoms with Gasteiger partial charge in [0, 0.05) is 23.7 Å². The molecule has 0 atom stereocenters. The van der Waals surface area contributed by atoms with E-state index in [0.29, 0.717) is 41.5 Å². The molecule has 0 aliphatic heterocycles. The lowest BCUT2D eigenvalue weighted by Gasteiger charge is -2.15. The van der Waals surface area contributed by atoms with Gasteiger partial charge in [-0.05, 0) is 30.7 Å². The van der Waals surface area contributed by atoms with Gasteiger partial charge in [-0.3, -0.25) is 4.79 Å². The van der Waals surface area contributed by atoms with Gasteiger partial charge in [0.2, 0.25) is 0 Å². The molecule has 6 heteroatoms. The molecule has 0 spiro atoms. The van der Waals surface area contributed by atoms with Crippen molar-refractivity contribution < 1.29 is 23.7 Å². The molecule has 0 fully saturated rings. The Morgan fingerprint density at radius 1 is 0.920 bits per heavy atom. The summed E-state index contributed by atoms with van der Waals surface area (Å²) in [7, 11) is 6.32. The molecule has 2 rings (SSSR count). The fraction of sp³-hybridized carbons (Fsp3) is 0.316. The van der Waals surface area contributed by atoms with Crippen molar-refractivity contribution >= 4 is 5.91 Å². The van der Waals surface area contributed by atoms with Gasteiger partial charge in [0.05, 0.1) is 28.4 Å². The van der Waals surface area contributed by atoms with E-state index in [9.17, 15) is 4.79 Å². The van der Waals surface area contributed by atoms with E-state index in [4.69, 9.17) is 18.9 Å². The monoisotopic (exact) mass is 345 g/mol. The van der Waals surface area contributed by atoms with E-state index in [1.807, 2.05) is 6.07 Å². The van der Waals surface area contributed by atoms with Gasteiger partial charge in [-0.25, -0.2) is 0 Å². The predicted molar refractivity (Wildman–Crippen MR) is 95.1 cm³/mol. The summed E-state index contributed by atoms with van der Waals surface area (Å²) in [5.74, 6) is 2.39. The zero-order valence-electron chi connectivity index (χ0n) is 14.9. The van der Waals surface area contributed by atoms with E-state index >= 15 is 0 Å². The molecule has 0 heterocycles. The van der Waals surface area contributed by atoms with Gasteiger partial charge in [0.15, 0.2) is 11.5 Å². The lowest BCUT2D eigenvalue weighted by molar-refractivity contribution is 0.0953. The Morgan fingerprint density at radius 2 is 1.68 bits per heavy atom. The number of hydrogen-bond acceptors (Lipinski definition) is 5. The van der Waals surface area contributed by atoms with Crippen molar-refractivity contribution in [2.24, 2.45) is 0 Å². The van der Waals surface area contributed by atoms with Gasteiger partial charge in [0.1, 0.15) is 11.5 Å². The van der Waals surface area contributed by atoms with Crippen molar-refractivity contribution in [2.45, 2.75) is 6.42 Å². The molecular weight excluding hydrogens is 322 g/mol. The molecule has 0 radical (unpaired) electrons. The first-order valence-electron chi connectivity index (χ1n) is 7.84. The van der Waals surface area contributed by atoms with Crippen LogP contribution in [0, 0.1) is 0 Å². The fourth-order valence-electron chi connectivity index (χ4n) is 2.50. The molecule has 0 aliphatic carbocycles. The summed E-state index contributed by atoms with van der Waals surface area (Å²) in [4.78, 5) is 12.3. The average Bonchev–Trinajstić information content (AvgIpc) is 2.66. The molecule has 0 saturated heterocycles. The highest BCUT2D eigenvalue weighted by Crippen LogP contribution is 2.35. The van der Waals surface area contributed by atoms with E-state index in [1.54, 1.807) is 58.8 Å². The van der Waals surface area contributed by atoms with Gasteiger partial charge >= 0.3 is 0 Å². The highest BCUT2D eigenvalue weighted by Gasteiger charge is 2.13. The van der Waals surface area contributed by atoms with Crippen LogP contribution in [0.2, 0.25) is 0 Å². The maximum absolute atomic E-state index is 12.3. The maximum atomic E-state index is 12.3. The molecule has 0 aliphatic rings. The Kier molecular flexibility index (Phi) is 6.51. The third-order valence-corrected chi connectivity index (χ3v) is 3.78. The smallest absolute Gasteiger partial charge is 0.251 e. The molecule has 2 aromatic rings. The largest absolute Gasteiger partial charge is 0.497 e. The minimum atomic E-state index is -0.160. The molecule has 0 unspecified atom stereocenters. The quantitative estimate of drug-likeness (QED) is 0.797. The number of hydrogen-bond donors (Lipinski definition) is 1. The first-order chi connectivity index (χ1) is 12.1. The second-order valence-electron chi connectivity index (χ2n) is 5.26. The van der Waals surface area contributed by atoms with Crippen LogP contribution in [-0.2, 0) is 6.42 Å². The topological polar surface area (TPSA) is 66.0 Å². The van der Waals surface area contributed by atoms with Crippen LogP contribution in [0.5, 0.6) is 23.0 Å². The van der Waals surface area contributed by atoms with Crippen LogP contribution >= 0.6 is 0 Å². The van der Waals surface area contributed by atoms with Gasteiger partial charge in [-0.2, -0.15) is 0 Å². The Labute approximate surface area is 147 Å². The predicted octanol–water partition coefficient (Wildman–Crippen LogP) is 2.69. The Morgan fingerprint density at radius 3 is 2.32 bits per heavy atom. The van der Waals surface area contributed by atoms with Crippen LogP contribution in [0.25, 0.3) is 0 Å². The van der Waals surface area contributed by atoms with Crippen molar-refractivity contribution in [1.29, 1.82) is 0 Å². The van der Waals surface area contributed by atoms with Crippen LogP contribution in [0.4, 0.5) is 0 Å². The summed E-state index contributed by atoms with van der Waals surface area (Å²) in [6.45, 7) is 0.447. The second-order valence-corrected chi connectivity index (χ2v) is 5.26. The number of benzene rings is 2. The number of carbonyl (C=O) groups excluding carboxylic acids is 1. The van der Waals surface area contributed by atoms with Crippen LogP contribution < -0.4 is 24.3 Å². The van der Waals surface area contributed by atoms with Gasteiger partial charge in [0.25, 0.3) is 5.91 Å². The van der Waals surface area contributed by atoms with Gasteiger partial charge in [-0.15, -0.1) is 0 Å². The number of ether oxygens (including phenoxy) is 4. The fourth-order valence-corrected chi connectivity index (χ4v) is 2.50. The maximum Gasteiger partial charge on any atom is 0.251 e. The van der Waals surface area contributed by atoms with Crippen molar-refractivity contribution in [1.82, 2.24) is 5.32 Å². The van der Waals surface area contributed by atoms with Crippen molar-refractivity contribution in [3.8, 4) is 23.0 Å². The second kappa shape index (κ2) is 8.82. The van der Waals surface area contributed by atoms with Crippen LogP contribution in [-0.4, -0.2) is 40.9 Å². The molecule has 6 nitrogen and oxygen atoms in total. The molecular formula is C19H23NO5. The van der Waals surface area contributed by atoms with Crippen molar-refractivity contribution in [2.75, 3.05) is 35.0 Å². The van der Waals surface area contributed by atoms with Crippen LogP contribution in [0.1, 0.15) is 15.9 Å². The number of rotatable bonds is 8. The zero-order valence-corrected chi connectivity index (χ0v) is 14.9. The Hall–Kier alpha value is -2.89. The van der Waals surface area contributed by atoms with Crippen LogP contribution in [0.3, 0.4) is 0 Å². The molecule has 0 saturated carbocycles. The molecule has 0 bridgehead atoms. The summed E-state index contributed by atoms with van der Waals surface area (Å²) in [5.41, 5.74) is 1.44. The standard InChI is InChI=1S/C19H23NO5/c1-22-15-7-5-6-14(11-15)19(21)20-9-8-13-10-16(23-2)12-17(24-3)18(13)25-4/h5-7,10-12H,8-9H2,1-4H3,(H,20,21). The lowest BCUT2D eigenvalue weighted by Crippen LogP contribution is -2.25. The highest BCUT2D eigenvalue weighted by atomic mass is 16.5. The molecule has 134 valence electrons. The number of methoxy groups -OCH3 is 4. The Balaban J connectivity index is 2.06. The number of amides is 1. The zero-order chi connectivity index (χ0) is 18.2. The number of nitrogens with one attached hydrogen (secondary N) is 1.